The van der Waals surface area contributed by atoms with Crippen molar-refractivity contribution in [1.29, 1.82) is 0 Å². The van der Waals surface area contributed by atoms with Crippen LogP contribution < -0.4 is 5.32 Å². The lowest BCUT2D eigenvalue weighted by Gasteiger charge is -2.40. The van der Waals surface area contributed by atoms with Gasteiger partial charge in [0.25, 0.3) is 0 Å². The van der Waals surface area contributed by atoms with Crippen molar-refractivity contribution in [2.24, 2.45) is 5.92 Å². The van der Waals surface area contributed by atoms with E-state index in [1.54, 1.807) is 0 Å². The maximum absolute atomic E-state index is 4.09. The first-order valence-corrected chi connectivity index (χ1v) is 6.59. The van der Waals surface area contributed by atoms with E-state index in [4.69, 9.17) is 0 Å². The first-order valence-electron chi connectivity index (χ1n) is 6.59. The molecule has 3 rings (SSSR count). The minimum Gasteiger partial charge on any atom is -0.307 e. The molecular weight excluding hydrogens is 196 g/mol. The van der Waals surface area contributed by atoms with Crippen LogP contribution in [0, 0.1) is 5.92 Å². The maximum Gasteiger partial charge on any atom is 0.0323 e. The number of hydrogen-bond donors (Lipinski definition) is 1. The van der Waals surface area contributed by atoms with Gasteiger partial charge in [0.1, 0.15) is 0 Å². The van der Waals surface area contributed by atoms with Crippen molar-refractivity contribution in [3.63, 3.8) is 0 Å². The third-order valence-corrected chi connectivity index (χ3v) is 4.26. The monoisotopic (exact) mass is 216 g/mol. The lowest BCUT2D eigenvalue weighted by molar-refractivity contribution is 0.177. The molecule has 86 valence electrons. The molecule has 1 aliphatic heterocycles. The van der Waals surface area contributed by atoms with Crippen molar-refractivity contribution in [3.8, 4) is 0 Å². The highest BCUT2D eigenvalue weighted by Crippen LogP contribution is 2.36. The molecule has 3 atom stereocenters. The highest BCUT2D eigenvalue weighted by atomic mass is 15.0. The van der Waals surface area contributed by atoms with E-state index in [2.05, 4.69) is 22.4 Å². The Labute approximate surface area is 97.5 Å². The summed E-state index contributed by atoms with van der Waals surface area (Å²) in [6, 6.07) is 5.66. The Morgan fingerprint density at radius 3 is 2.69 bits per heavy atom. The van der Waals surface area contributed by atoms with Gasteiger partial charge in [0.15, 0.2) is 0 Å². The Balaban J connectivity index is 1.71. The van der Waals surface area contributed by atoms with Gasteiger partial charge in [-0.25, -0.2) is 0 Å². The molecular formula is C14H20N2. The van der Waals surface area contributed by atoms with Crippen LogP contribution >= 0.6 is 0 Å². The fourth-order valence-electron chi connectivity index (χ4n) is 3.35. The Hall–Kier alpha value is -0.890. The minimum atomic E-state index is 0.572. The predicted octanol–water partition coefficient (Wildman–Crippen LogP) is 3.06. The van der Waals surface area contributed by atoms with Crippen molar-refractivity contribution in [3.05, 3.63) is 30.1 Å². The van der Waals surface area contributed by atoms with Crippen molar-refractivity contribution in [1.82, 2.24) is 10.3 Å². The predicted molar refractivity (Wildman–Crippen MR) is 65.1 cm³/mol. The normalized spacial score (nSPS) is 34.4. The van der Waals surface area contributed by atoms with Gasteiger partial charge >= 0.3 is 0 Å². The number of hydrogen-bond acceptors (Lipinski definition) is 2. The number of aromatic nitrogens is 1. The summed E-state index contributed by atoms with van der Waals surface area (Å²) in [6.45, 7) is 0. The van der Waals surface area contributed by atoms with Crippen LogP contribution in [0.25, 0.3) is 0 Å². The number of fused-ring (bicyclic) bond motifs is 1. The topological polar surface area (TPSA) is 24.9 Å². The summed E-state index contributed by atoms with van der Waals surface area (Å²) in [4.78, 5) is 4.09. The number of rotatable bonds is 1. The van der Waals surface area contributed by atoms with Gasteiger partial charge in [-0.1, -0.05) is 12.8 Å². The Bertz CT molecular complexity index is 336. The molecule has 1 N–H and O–H groups in total. The Kier molecular flexibility index (Phi) is 2.92. The van der Waals surface area contributed by atoms with Crippen LogP contribution in [0.5, 0.6) is 0 Å². The van der Waals surface area contributed by atoms with Crippen LogP contribution in [0.1, 0.15) is 50.1 Å². The standard InChI is InChI=1S/C14H20N2/c1-2-4-13-11(3-1)5-6-14(16-13)12-7-9-15-10-8-12/h7-11,13-14,16H,1-6H2. The average Bonchev–Trinajstić information content (AvgIpc) is 2.39. The summed E-state index contributed by atoms with van der Waals surface area (Å²) >= 11 is 0. The molecule has 1 aromatic heterocycles. The van der Waals surface area contributed by atoms with E-state index in [1.807, 2.05) is 12.4 Å². The van der Waals surface area contributed by atoms with E-state index in [-0.39, 0.29) is 0 Å². The number of nitrogens with zero attached hydrogens (tertiary/aromatic N) is 1. The van der Waals surface area contributed by atoms with Crippen molar-refractivity contribution < 1.29 is 0 Å². The van der Waals surface area contributed by atoms with E-state index in [0.29, 0.717) is 6.04 Å². The van der Waals surface area contributed by atoms with Crippen LogP contribution in [-0.4, -0.2) is 11.0 Å². The maximum atomic E-state index is 4.09. The van der Waals surface area contributed by atoms with Gasteiger partial charge in [-0.05, 0) is 49.3 Å². The molecule has 1 aromatic rings. The molecule has 3 unspecified atom stereocenters. The van der Waals surface area contributed by atoms with Gasteiger partial charge in [0.05, 0.1) is 0 Å². The molecule has 0 bridgehead atoms. The zero-order valence-electron chi connectivity index (χ0n) is 9.73. The van der Waals surface area contributed by atoms with Gasteiger partial charge in [0, 0.05) is 24.5 Å². The lowest BCUT2D eigenvalue weighted by atomic mass is 9.77. The highest BCUT2D eigenvalue weighted by Gasteiger charge is 2.31. The fraction of sp³-hybridized carbons (Fsp3) is 0.643. The second kappa shape index (κ2) is 4.54. The Morgan fingerprint density at radius 2 is 1.81 bits per heavy atom. The third kappa shape index (κ3) is 1.99. The minimum absolute atomic E-state index is 0.572. The molecule has 2 fully saturated rings. The smallest absolute Gasteiger partial charge is 0.0323 e. The van der Waals surface area contributed by atoms with Gasteiger partial charge in [-0.3, -0.25) is 4.98 Å². The molecule has 2 heteroatoms. The molecule has 1 aliphatic carbocycles. The molecule has 1 saturated heterocycles. The Morgan fingerprint density at radius 1 is 1.00 bits per heavy atom. The number of pyridine rings is 1. The lowest BCUT2D eigenvalue weighted by Crippen LogP contribution is -2.44. The van der Waals surface area contributed by atoms with E-state index in [0.717, 1.165) is 12.0 Å². The van der Waals surface area contributed by atoms with Gasteiger partial charge in [0.2, 0.25) is 0 Å². The summed E-state index contributed by atoms with van der Waals surface area (Å²) in [5.41, 5.74) is 1.42. The van der Waals surface area contributed by atoms with Crippen LogP contribution in [-0.2, 0) is 0 Å². The molecule has 0 amide bonds. The van der Waals surface area contributed by atoms with E-state index in [1.165, 1.54) is 44.1 Å². The zero-order chi connectivity index (χ0) is 10.8. The van der Waals surface area contributed by atoms with Crippen molar-refractivity contribution in [2.45, 2.75) is 50.6 Å². The SMILES string of the molecule is c1cc(C2CCC3CCCCC3N2)ccn1. The van der Waals surface area contributed by atoms with Crippen molar-refractivity contribution >= 4 is 0 Å². The van der Waals surface area contributed by atoms with Gasteiger partial charge < -0.3 is 5.32 Å². The van der Waals surface area contributed by atoms with Crippen molar-refractivity contribution in [2.75, 3.05) is 0 Å². The van der Waals surface area contributed by atoms with Crippen LogP contribution in [0.4, 0.5) is 0 Å². The molecule has 1 saturated carbocycles. The van der Waals surface area contributed by atoms with E-state index in [9.17, 15) is 0 Å². The zero-order valence-corrected chi connectivity index (χ0v) is 9.73. The van der Waals surface area contributed by atoms with Gasteiger partial charge in [-0.2, -0.15) is 0 Å². The third-order valence-electron chi connectivity index (χ3n) is 4.26. The summed E-state index contributed by atoms with van der Waals surface area (Å²) in [5.74, 6) is 0.951. The molecule has 16 heavy (non-hydrogen) atoms. The second-order valence-corrected chi connectivity index (χ2v) is 5.23. The molecule has 2 heterocycles. The highest BCUT2D eigenvalue weighted by molar-refractivity contribution is 5.16. The molecule has 0 aromatic carbocycles. The second-order valence-electron chi connectivity index (χ2n) is 5.23. The summed E-state index contributed by atoms with van der Waals surface area (Å²) in [6.07, 6.45) is 12.2. The van der Waals surface area contributed by atoms with Gasteiger partial charge in [-0.15, -0.1) is 0 Å². The van der Waals surface area contributed by atoms with E-state index < -0.39 is 0 Å². The number of piperidine rings is 1. The van der Waals surface area contributed by atoms with Crippen LogP contribution in [0.3, 0.4) is 0 Å². The largest absolute Gasteiger partial charge is 0.307 e. The molecule has 0 radical (unpaired) electrons. The fourth-order valence-corrected chi connectivity index (χ4v) is 3.35. The average molecular weight is 216 g/mol. The summed E-state index contributed by atoms with van der Waals surface area (Å²) in [7, 11) is 0. The molecule has 0 spiro atoms. The first kappa shape index (κ1) is 10.3. The summed E-state index contributed by atoms with van der Waals surface area (Å²) < 4.78 is 0. The quantitative estimate of drug-likeness (QED) is 0.780. The number of nitrogens with one attached hydrogen (secondary N) is 1. The van der Waals surface area contributed by atoms with Crippen LogP contribution in [0.2, 0.25) is 0 Å². The molecule has 2 aliphatic rings. The first-order chi connectivity index (χ1) is 7.93. The molecule has 2 nitrogen and oxygen atoms in total. The van der Waals surface area contributed by atoms with Crippen LogP contribution in [0.15, 0.2) is 24.5 Å². The summed E-state index contributed by atoms with van der Waals surface area (Å²) in [5, 5.41) is 3.84. The van der Waals surface area contributed by atoms with E-state index >= 15 is 0 Å².